The van der Waals surface area contributed by atoms with Gasteiger partial charge in [0.2, 0.25) is 5.91 Å². The minimum absolute atomic E-state index is 0.0746. The van der Waals surface area contributed by atoms with Crippen molar-refractivity contribution in [3.63, 3.8) is 0 Å². The van der Waals surface area contributed by atoms with E-state index in [0.717, 1.165) is 11.3 Å². The Balaban J connectivity index is 1.64. The van der Waals surface area contributed by atoms with Crippen LogP contribution in [0.2, 0.25) is 0 Å². The maximum absolute atomic E-state index is 12.5. The first-order chi connectivity index (χ1) is 12.4. The summed E-state index contributed by atoms with van der Waals surface area (Å²) in [6, 6.07) is 9.39. The van der Waals surface area contributed by atoms with Crippen LogP contribution in [-0.2, 0) is 21.2 Å². The van der Waals surface area contributed by atoms with Crippen LogP contribution in [0.25, 0.3) is 0 Å². The first kappa shape index (κ1) is 18.5. The number of para-hydroxylation sites is 1. The Labute approximate surface area is 154 Å². The highest BCUT2D eigenvalue weighted by Crippen LogP contribution is 2.23. The largest absolute Gasteiger partial charge is 0.340 e. The van der Waals surface area contributed by atoms with Gasteiger partial charge in [0, 0.05) is 37.8 Å². The van der Waals surface area contributed by atoms with Gasteiger partial charge in [-0.3, -0.25) is 14.9 Å². The van der Waals surface area contributed by atoms with Crippen LogP contribution in [0.15, 0.2) is 46.0 Å². The van der Waals surface area contributed by atoms with Crippen molar-refractivity contribution in [1.29, 1.82) is 0 Å². The topological polar surface area (TPSA) is 101 Å². The van der Waals surface area contributed by atoms with Crippen molar-refractivity contribution in [2.45, 2.75) is 10.6 Å². The van der Waals surface area contributed by atoms with E-state index in [1.165, 1.54) is 10.4 Å². The summed E-state index contributed by atoms with van der Waals surface area (Å²) in [5.41, 5.74) is 0.274. The molecular weight excluding hydrogens is 378 g/mol. The third kappa shape index (κ3) is 3.76. The van der Waals surface area contributed by atoms with Gasteiger partial charge in [0.15, 0.2) is 0 Å². The van der Waals surface area contributed by atoms with Crippen LogP contribution in [0, 0.1) is 10.1 Å². The van der Waals surface area contributed by atoms with E-state index in [1.807, 2.05) is 0 Å². The summed E-state index contributed by atoms with van der Waals surface area (Å²) < 4.78 is 26.6. The minimum Gasteiger partial charge on any atom is -0.340 e. The number of carbonyl (C=O) groups is 1. The lowest BCUT2D eigenvalue weighted by Crippen LogP contribution is -2.50. The average molecular weight is 395 g/mol. The van der Waals surface area contributed by atoms with Gasteiger partial charge < -0.3 is 4.90 Å². The van der Waals surface area contributed by atoms with Gasteiger partial charge in [-0.1, -0.05) is 24.3 Å². The quantitative estimate of drug-likeness (QED) is 0.567. The number of hydrogen-bond donors (Lipinski definition) is 0. The van der Waals surface area contributed by atoms with Gasteiger partial charge in [0.1, 0.15) is 4.21 Å². The second-order valence-electron chi connectivity index (χ2n) is 5.78. The molecule has 0 spiro atoms. The van der Waals surface area contributed by atoms with Crippen molar-refractivity contribution in [2.75, 3.05) is 26.2 Å². The van der Waals surface area contributed by atoms with Gasteiger partial charge in [-0.2, -0.15) is 4.31 Å². The fourth-order valence-electron chi connectivity index (χ4n) is 2.83. The van der Waals surface area contributed by atoms with Crippen molar-refractivity contribution < 1.29 is 18.1 Å². The van der Waals surface area contributed by atoms with E-state index in [2.05, 4.69) is 0 Å². The smallest absolute Gasteiger partial charge is 0.273 e. The number of rotatable bonds is 5. The van der Waals surface area contributed by atoms with Gasteiger partial charge in [-0.25, -0.2) is 8.42 Å². The second kappa shape index (κ2) is 7.52. The Morgan fingerprint density at radius 2 is 1.81 bits per heavy atom. The molecular formula is C16H17N3O5S2. The number of nitro groups is 1. The van der Waals surface area contributed by atoms with E-state index in [1.54, 1.807) is 40.6 Å². The molecule has 0 radical (unpaired) electrons. The highest BCUT2D eigenvalue weighted by molar-refractivity contribution is 7.91. The normalized spacial score (nSPS) is 15.8. The molecule has 8 nitrogen and oxygen atoms in total. The standard InChI is InChI=1S/C16H17N3O5S2/c20-15(12-13-4-1-2-5-14(13)19(21)22)17-7-9-18(10-8-17)26(23,24)16-6-3-11-25-16/h1-6,11H,7-10,12H2. The molecule has 10 heteroatoms. The van der Waals surface area contributed by atoms with Gasteiger partial charge in [-0.15, -0.1) is 11.3 Å². The fraction of sp³-hybridized carbons (Fsp3) is 0.312. The maximum atomic E-state index is 12.5. The van der Waals surface area contributed by atoms with Crippen LogP contribution >= 0.6 is 11.3 Å². The van der Waals surface area contributed by atoms with Crippen molar-refractivity contribution >= 4 is 33.0 Å². The molecule has 138 valence electrons. The first-order valence-electron chi connectivity index (χ1n) is 7.93. The molecule has 0 aliphatic carbocycles. The predicted octanol–water partition coefficient (Wildman–Crippen LogP) is 1.73. The van der Waals surface area contributed by atoms with Crippen LogP contribution in [0.4, 0.5) is 5.69 Å². The number of nitro benzene ring substituents is 1. The molecule has 26 heavy (non-hydrogen) atoms. The van der Waals surface area contributed by atoms with Crippen LogP contribution in [0.5, 0.6) is 0 Å². The monoisotopic (exact) mass is 395 g/mol. The molecule has 0 bridgehead atoms. The van der Waals surface area contributed by atoms with Gasteiger partial charge in [0.05, 0.1) is 11.3 Å². The lowest BCUT2D eigenvalue weighted by atomic mass is 10.1. The number of amides is 1. The highest BCUT2D eigenvalue weighted by Gasteiger charge is 2.31. The van der Waals surface area contributed by atoms with Gasteiger partial charge in [-0.05, 0) is 11.4 Å². The number of sulfonamides is 1. The minimum atomic E-state index is -3.52. The van der Waals surface area contributed by atoms with Crippen LogP contribution in [0.1, 0.15) is 5.56 Å². The van der Waals surface area contributed by atoms with Crippen molar-refractivity contribution in [3.8, 4) is 0 Å². The molecule has 0 unspecified atom stereocenters. The van der Waals surface area contributed by atoms with Crippen molar-refractivity contribution in [2.24, 2.45) is 0 Å². The Morgan fingerprint density at radius 3 is 2.42 bits per heavy atom. The Morgan fingerprint density at radius 1 is 1.12 bits per heavy atom. The van der Waals surface area contributed by atoms with Gasteiger partial charge >= 0.3 is 0 Å². The molecule has 1 aromatic heterocycles. The summed E-state index contributed by atoms with van der Waals surface area (Å²) in [5, 5.41) is 12.8. The summed E-state index contributed by atoms with van der Waals surface area (Å²) in [6.07, 6.45) is -0.0746. The molecule has 1 saturated heterocycles. The summed E-state index contributed by atoms with van der Waals surface area (Å²) >= 11 is 1.16. The predicted molar refractivity (Wildman–Crippen MR) is 96.5 cm³/mol. The zero-order chi connectivity index (χ0) is 18.7. The van der Waals surface area contributed by atoms with E-state index < -0.39 is 14.9 Å². The van der Waals surface area contributed by atoms with Crippen molar-refractivity contribution in [1.82, 2.24) is 9.21 Å². The Hall–Kier alpha value is -2.30. The number of nitrogens with zero attached hydrogens (tertiary/aromatic N) is 3. The van der Waals surface area contributed by atoms with E-state index in [0.29, 0.717) is 5.56 Å². The lowest BCUT2D eigenvalue weighted by molar-refractivity contribution is -0.385. The van der Waals surface area contributed by atoms with Crippen LogP contribution in [-0.4, -0.2) is 54.6 Å². The lowest BCUT2D eigenvalue weighted by Gasteiger charge is -2.33. The number of hydrogen-bond acceptors (Lipinski definition) is 6. The van der Waals surface area contributed by atoms with Crippen molar-refractivity contribution in [3.05, 3.63) is 57.5 Å². The maximum Gasteiger partial charge on any atom is 0.273 e. The number of benzene rings is 1. The summed E-state index contributed by atoms with van der Waals surface area (Å²) in [5.74, 6) is -0.243. The number of piperazine rings is 1. The van der Waals surface area contributed by atoms with E-state index >= 15 is 0 Å². The summed E-state index contributed by atoms with van der Waals surface area (Å²) in [7, 11) is -3.52. The molecule has 2 heterocycles. The van der Waals surface area contributed by atoms with Gasteiger partial charge in [0.25, 0.3) is 15.7 Å². The fourth-order valence-corrected chi connectivity index (χ4v) is 5.40. The Bertz CT molecular complexity index is 904. The van der Waals surface area contributed by atoms with E-state index in [4.69, 9.17) is 0 Å². The first-order valence-corrected chi connectivity index (χ1v) is 10.3. The Kier molecular flexibility index (Phi) is 5.35. The zero-order valence-corrected chi connectivity index (χ0v) is 15.4. The molecule has 0 N–H and O–H groups in total. The molecule has 3 rings (SSSR count). The molecule has 0 atom stereocenters. The average Bonchev–Trinajstić information content (AvgIpc) is 3.17. The highest BCUT2D eigenvalue weighted by atomic mass is 32.2. The zero-order valence-electron chi connectivity index (χ0n) is 13.8. The van der Waals surface area contributed by atoms with E-state index in [-0.39, 0.29) is 48.4 Å². The SMILES string of the molecule is O=C(Cc1ccccc1[N+](=O)[O-])N1CCN(S(=O)(=O)c2cccs2)CC1. The molecule has 1 aliphatic heterocycles. The second-order valence-corrected chi connectivity index (χ2v) is 8.89. The molecule has 1 aromatic carbocycles. The third-order valence-corrected chi connectivity index (χ3v) is 7.48. The molecule has 2 aromatic rings. The summed E-state index contributed by atoms with van der Waals surface area (Å²) in [4.78, 5) is 24.6. The third-order valence-electron chi connectivity index (χ3n) is 4.21. The van der Waals surface area contributed by atoms with Crippen LogP contribution < -0.4 is 0 Å². The molecule has 1 aliphatic rings. The molecule has 1 amide bonds. The number of thiophene rings is 1. The summed E-state index contributed by atoms with van der Waals surface area (Å²) in [6.45, 7) is 0.958. The molecule has 1 fully saturated rings. The molecule has 0 saturated carbocycles. The number of carbonyl (C=O) groups excluding carboxylic acids is 1. The van der Waals surface area contributed by atoms with E-state index in [9.17, 15) is 23.3 Å². The van der Waals surface area contributed by atoms with Crippen LogP contribution in [0.3, 0.4) is 0 Å².